The maximum atomic E-state index is 15.7. The number of hydrogen-bond donors (Lipinski definition) is 1. The molecule has 184 valence electrons. The van der Waals surface area contributed by atoms with Gasteiger partial charge in [0.25, 0.3) is 0 Å². The number of hydrogen-bond acceptors (Lipinski definition) is 4. The molecule has 2 atom stereocenters. The van der Waals surface area contributed by atoms with Crippen molar-refractivity contribution in [3.05, 3.63) is 59.2 Å². The van der Waals surface area contributed by atoms with E-state index in [-0.39, 0.29) is 23.8 Å². The summed E-state index contributed by atoms with van der Waals surface area (Å²) in [4.78, 5) is 24.2. The van der Waals surface area contributed by atoms with Gasteiger partial charge >= 0.3 is 11.9 Å². The quantitative estimate of drug-likeness (QED) is 0.331. The van der Waals surface area contributed by atoms with E-state index in [2.05, 4.69) is 4.74 Å². The number of carboxylic acids is 1. The predicted molar refractivity (Wildman–Crippen MR) is 120 cm³/mol. The minimum atomic E-state index is -2.30. The summed E-state index contributed by atoms with van der Waals surface area (Å²) in [5, 5.41) is 9.70. The highest BCUT2D eigenvalue weighted by atomic mass is 19.2. The maximum Gasteiger partial charge on any atom is 0.346 e. The lowest BCUT2D eigenvalue weighted by Crippen LogP contribution is -2.43. The summed E-state index contributed by atoms with van der Waals surface area (Å²) in [6.45, 7) is 1.86. The van der Waals surface area contributed by atoms with Crippen LogP contribution in [-0.2, 0) is 4.79 Å². The van der Waals surface area contributed by atoms with Gasteiger partial charge in [0.2, 0.25) is 11.5 Å². The van der Waals surface area contributed by atoms with Crippen LogP contribution in [0.2, 0.25) is 0 Å². The van der Waals surface area contributed by atoms with Crippen LogP contribution in [0.5, 0.6) is 11.5 Å². The summed E-state index contributed by atoms with van der Waals surface area (Å²) in [6, 6.07) is 8.39. The number of esters is 1. The second kappa shape index (κ2) is 10.9. The third-order valence-electron chi connectivity index (χ3n) is 6.69. The van der Waals surface area contributed by atoms with Gasteiger partial charge in [-0.05, 0) is 61.4 Å². The van der Waals surface area contributed by atoms with Crippen LogP contribution in [0.1, 0.15) is 73.7 Å². The number of carboxylic acid groups (broad SMARTS) is 1. The Balaban J connectivity index is 1.74. The molecule has 0 heterocycles. The number of alkyl halides is 1. The number of methoxy groups -OCH3 is 1. The molecule has 8 heteroatoms. The van der Waals surface area contributed by atoms with Gasteiger partial charge in [0, 0.05) is 5.92 Å². The third kappa shape index (κ3) is 5.37. The Bertz CT molecular complexity index is 1020. The van der Waals surface area contributed by atoms with E-state index >= 15 is 4.39 Å². The monoisotopic (exact) mass is 478 g/mol. The largest absolute Gasteiger partial charge is 0.494 e. The molecular formula is C26H29F3O5. The number of benzene rings is 2. The van der Waals surface area contributed by atoms with Crippen LogP contribution in [0, 0.1) is 17.6 Å². The number of carbonyl (C=O) groups is 2. The molecule has 34 heavy (non-hydrogen) atoms. The first kappa shape index (κ1) is 25.6. The highest BCUT2D eigenvalue weighted by Crippen LogP contribution is 2.42. The molecule has 3 rings (SSSR count). The highest BCUT2D eigenvalue weighted by Gasteiger charge is 2.48. The van der Waals surface area contributed by atoms with Gasteiger partial charge in [-0.1, -0.05) is 38.3 Å². The number of halogens is 3. The van der Waals surface area contributed by atoms with Crippen LogP contribution in [0.25, 0.3) is 0 Å². The smallest absolute Gasteiger partial charge is 0.346 e. The fourth-order valence-electron chi connectivity index (χ4n) is 4.66. The Morgan fingerprint density at radius 2 is 1.71 bits per heavy atom. The predicted octanol–water partition coefficient (Wildman–Crippen LogP) is 6.45. The van der Waals surface area contributed by atoms with Gasteiger partial charge in [0.1, 0.15) is 5.75 Å². The lowest BCUT2D eigenvalue weighted by Gasteiger charge is -2.35. The minimum absolute atomic E-state index is 0.0938. The Morgan fingerprint density at radius 1 is 1.06 bits per heavy atom. The molecule has 1 aliphatic carbocycles. The van der Waals surface area contributed by atoms with E-state index in [0.717, 1.165) is 31.4 Å². The van der Waals surface area contributed by atoms with E-state index in [1.807, 2.05) is 6.92 Å². The molecule has 0 radical (unpaired) electrons. The van der Waals surface area contributed by atoms with Crippen molar-refractivity contribution in [2.45, 2.75) is 63.5 Å². The van der Waals surface area contributed by atoms with Crippen LogP contribution < -0.4 is 9.47 Å². The Kier molecular flexibility index (Phi) is 8.23. The van der Waals surface area contributed by atoms with Crippen molar-refractivity contribution in [2.24, 2.45) is 5.92 Å². The van der Waals surface area contributed by atoms with E-state index < -0.39 is 40.7 Å². The first-order chi connectivity index (χ1) is 16.2. The van der Waals surface area contributed by atoms with Crippen molar-refractivity contribution in [2.75, 3.05) is 7.11 Å². The molecule has 2 aromatic carbocycles. The van der Waals surface area contributed by atoms with Crippen LogP contribution in [0.15, 0.2) is 36.4 Å². The molecule has 0 aromatic heterocycles. The van der Waals surface area contributed by atoms with Crippen molar-refractivity contribution < 1.29 is 37.3 Å². The van der Waals surface area contributed by atoms with E-state index in [0.29, 0.717) is 24.8 Å². The van der Waals surface area contributed by atoms with Gasteiger partial charge in [-0.15, -0.1) is 0 Å². The van der Waals surface area contributed by atoms with Crippen molar-refractivity contribution in [1.82, 2.24) is 0 Å². The molecule has 0 saturated heterocycles. The number of ether oxygens (including phenoxy) is 2. The molecule has 1 unspecified atom stereocenters. The van der Waals surface area contributed by atoms with Gasteiger partial charge in [-0.2, -0.15) is 4.39 Å². The third-order valence-corrected chi connectivity index (χ3v) is 6.69. The van der Waals surface area contributed by atoms with Crippen LogP contribution >= 0.6 is 0 Å². The molecule has 1 N–H and O–H groups in total. The molecule has 2 aromatic rings. The van der Waals surface area contributed by atoms with E-state index in [9.17, 15) is 23.5 Å². The summed E-state index contributed by atoms with van der Waals surface area (Å²) in [5.41, 5.74) is -2.17. The summed E-state index contributed by atoms with van der Waals surface area (Å²) < 4.78 is 53.6. The lowest BCUT2D eigenvalue weighted by molar-refractivity contribution is -0.157. The van der Waals surface area contributed by atoms with Crippen LogP contribution in [0.4, 0.5) is 13.2 Å². The summed E-state index contributed by atoms with van der Waals surface area (Å²) >= 11 is 0. The molecular weight excluding hydrogens is 449 g/mol. The average Bonchev–Trinajstić information content (AvgIpc) is 2.85. The van der Waals surface area contributed by atoms with Crippen LogP contribution in [-0.4, -0.2) is 29.8 Å². The molecule has 5 nitrogen and oxygen atoms in total. The molecule has 0 bridgehead atoms. The average molecular weight is 479 g/mol. The van der Waals surface area contributed by atoms with Gasteiger partial charge in [0.15, 0.2) is 11.6 Å². The SMILES string of the molecule is CCC(C[C@@](F)(C(=O)O)C1CCCCC1)c1ccc(OC(=O)c2ccc(OC)c(F)c2F)cc1. The summed E-state index contributed by atoms with van der Waals surface area (Å²) in [6.07, 6.45) is 4.18. The van der Waals surface area contributed by atoms with Crippen molar-refractivity contribution in [1.29, 1.82) is 0 Å². The lowest BCUT2D eigenvalue weighted by atomic mass is 9.72. The van der Waals surface area contributed by atoms with E-state index in [1.54, 1.807) is 12.1 Å². The van der Waals surface area contributed by atoms with Crippen LogP contribution in [0.3, 0.4) is 0 Å². The Morgan fingerprint density at radius 3 is 2.26 bits per heavy atom. The van der Waals surface area contributed by atoms with E-state index in [1.165, 1.54) is 19.2 Å². The maximum absolute atomic E-state index is 15.7. The van der Waals surface area contributed by atoms with E-state index in [4.69, 9.17) is 4.74 Å². The number of carbonyl (C=O) groups excluding carboxylic acids is 1. The molecule has 1 aliphatic rings. The molecule has 0 amide bonds. The number of aliphatic carboxylic acids is 1. The van der Waals surface area contributed by atoms with Gasteiger partial charge < -0.3 is 14.6 Å². The Labute approximate surface area is 196 Å². The first-order valence-electron chi connectivity index (χ1n) is 11.5. The van der Waals surface area contributed by atoms with Gasteiger partial charge in [-0.25, -0.2) is 18.4 Å². The number of rotatable bonds is 9. The normalized spacial score (nSPS) is 17.0. The van der Waals surface area contributed by atoms with Crippen molar-refractivity contribution in [3.63, 3.8) is 0 Å². The molecule has 1 fully saturated rings. The Hall–Kier alpha value is -3.03. The molecule has 0 spiro atoms. The summed E-state index contributed by atoms with van der Waals surface area (Å²) in [7, 11) is 1.18. The van der Waals surface area contributed by atoms with Crippen molar-refractivity contribution >= 4 is 11.9 Å². The van der Waals surface area contributed by atoms with Crippen molar-refractivity contribution in [3.8, 4) is 11.5 Å². The zero-order valence-electron chi connectivity index (χ0n) is 19.3. The fourth-order valence-corrected chi connectivity index (χ4v) is 4.66. The minimum Gasteiger partial charge on any atom is -0.494 e. The summed E-state index contributed by atoms with van der Waals surface area (Å²) in [5.74, 6) is -6.25. The zero-order chi connectivity index (χ0) is 24.9. The standard InChI is InChI=1S/C26H29F3O5/c1-3-16(15-26(29,25(31)32)18-7-5-4-6-8-18)17-9-11-19(12-10-17)34-24(30)20-13-14-21(33-2)23(28)22(20)27/h9-14,16,18H,3-8,15H2,1-2H3,(H,31,32)/t16?,26-/m0/s1. The highest BCUT2D eigenvalue weighted by molar-refractivity contribution is 5.91. The molecule has 1 saturated carbocycles. The van der Waals surface area contributed by atoms with Gasteiger partial charge in [0.05, 0.1) is 12.7 Å². The molecule has 0 aliphatic heterocycles. The fraction of sp³-hybridized carbons (Fsp3) is 0.462. The van der Waals surface area contributed by atoms with Gasteiger partial charge in [-0.3, -0.25) is 0 Å². The zero-order valence-corrected chi connectivity index (χ0v) is 19.3. The first-order valence-corrected chi connectivity index (χ1v) is 11.5. The topological polar surface area (TPSA) is 72.8 Å². The second-order valence-electron chi connectivity index (χ2n) is 8.71. The second-order valence-corrected chi connectivity index (χ2v) is 8.71.